The molecule has 2 rings (SSSR count). The zero-order chi connectivity index (χ0) is 15.7. The van der Waals surface area contributed by atoms with Crippen molar-refractivity contribution in [3.63, 3.8) is 0 Å². The monoisotopic (exact) mass is 350 g/mol. The second-order valence-electron chi connectivity index (χ2n) is 5.83. The molecular formula is C13H19ClN2O3S2. The molecule has 1 aliphatic heterocycles. The zero-order valence-electron chi connectivity index (χ0n) is 12.1. The fourth-order valence-corrected chi connectivity index (χ4v) is 5.75. The van der Waals surface area contributed by atoms with E-state index >= 15 is 0 Å². The van der Waals surface area contributed by atoms with Crippen molar-refractivity contribution in [2.45, 2.75) is 25.4 Å². The second-order valence-corrected chi connectivity index (χ2v) is 9.81. The summed E-state index contributed by atoms with van der Waals surface area (Å²) in [5, 5.41) is 2.85. The van der Waals surface area contributed by atoms with Crippen molar-refractivity contribution in [1.29, 1.82) is 0 Å². The molecule has 1 aromatic heterocycles. The predicted molar refractivity (Wildman–Crippen MR) is 85.5 cm³/mol. The van der Waals surface area contributed by atoms with Gasteiger partial charge in [0.25, 0.3) is 0 Å². The first-order valence-corrected chi connectivity index (χ1v) is 9.63. The van der Waals surface area contributed by atoms with Gasteiger partial charge >= 0.3 is 0 Å². The van der Waals surface area contributed by atoms with Gasteiger partial charge in [-0.1, -0.05) is 11.6 Å². The highest BCUT2D eigenvalue weighted by molar-refractivity contribution is 7.91. The molecule has 21 heavy (non-hydrogen) atoms. The number of sulfone groups is 1. The Morgan fingerprint density at radius 1 is 1.52 bits per heavy atom. The van der Waals surface area contributed by atoms with E-state index in [1.807, 2.05) is 24.1 Å². The Morgan fingerprint density at radius 2 is 2.24 bits per heavy atom. The van der Waals surface area contributed by atoms with E-state index in [-0.39, 0.29) is 24.0 Å². The third-order valence-corrected chi connectivity index (χ3v) is 6.53. The van der Waals surface area contributed by atoms with E-state index < -0.39 is 15.4 Å². The summed E-state index contributed by atoms with van der Waals surface area (Å²) in [5.74, 6) is 0.0169. The Labute approximate surface area is 134 Å². The van der Waals surface area contributed by atoms with E-state index in [2.05, 4.69) is 5.32 Å². The third kappa shape index (κ3) is 4.95. The third-order valence-electron chi connectivity index (χ3n) is 3.41. The van der Waals surface area contributed by atoms with Crippen molar-refractivity contribution < 1.29 is 13.2 Å². The number of hydrogen-bond donors (Lipinski definition) is 1. The van der Waals surface area contributed by atoms with E-state index in [1.54, 1.807) is 6.92 Å². The first-order valence-electron chi connectivity index (χ1n) is 6.62. The molecular weight excluding hydrogens is 332 g/mol. The van der Waals surface area contributed by atoms with Crippen LogP contribution in [0.1, 0.15) is 18.2 Å². The summed E-state index contributed by atoms with van der Waals surface area (Å²) in [6.45, 7) is 2.65. The van der Waals surface area contributed by atoms with Gasteiger partial charge in [0.1, 0.15) is 0 Å². The summed E-state index contributed by atoms with van der Waals surface area (Å²) >= 11 is 7.36. The molecule has 0 saturated carbocycles. The molecule has 0 aliphatic carbocycles. The van der Waals surface area contributed by atoms with Gasteiger partial charge in [0, 0.05) is 11.4 Å². The molecule has 1 N–H and O–H groups in total. The maximum Gasteiger partial charge on any atom is 0.234 e. The Balaban J connectivity index is 1.84. The number of hydrogen-bond acceptors (Lipinski definition) is 5. The van der Waals surface area contributed by atoms with E-state index in [1.165, 1.54) is 11.3 Å². The number of likely N-dealkylation sites (N-methyl/N-ethyl adjacent to an activating group) is 1. The maximum absolute atomic E-state index is 12.1. The van der Waals surface area contributed by atoms with Crippen molar-refractivity contribution in [1.82, 2.24) is 10.2 Å². The smallest absolute Gasteiger partial charge is 0.234 e. The molecule has 118 valence electrons. The van der Waals surface area contributed by atoms with Gasteiger partial charge in [0.05, 0.1) is 27.9 Å². The molecule has 1 aromatic rings. The molecule has 1 atom stereocenters. The van der Waals surface area contributed by atoms with Crippen molar-refractivity contribution in [3.05, 3.63) is 21.3 Å². The summed E-state index contributed by atoms with van der Waals surface area (Å²) < 4.78 is 23.8. The lowest BCUT2D eigenvalue weighted by Crippen LogP contribution is -2.49. The molecule has 8 heteroatoms. The summed E-state index contributed by atoms with van der Waals surface area (Å²) in [5.41, 5.74) is -0.636. The van der Waals surface area contributed by atoms with Crippen LogP contribution in [0.25, 0.3) is 0 Å². The largest absolute Gasteiger partial charge is 0.349 e. The van der Waals surface area contributed by atoms with Gasteiger partial charge in [-0.2, -0.15) is 0 Å². The lowest BCUT2D eigenvalue weighted by atomic mass is 10.0. The molecule has 1 saturated heterocycles. The molecule has 0 spiro atoms. The number of halogens is 1. The standard InChI is InChI=1S/C13H19ClN2O3S2/c1-13(5-6-21(18,19)9-13)15-12(17)8-16(2)7-10-3-4-11(14)20-10/h3-4H,5-9H2,1-2H3,(H,15,17)/t13-/m0/s1. The van der Waals surface area contributed by atoms with Crippen LogP contribution >= 0.6 is 22.9 Å². The minimum Gasteiger partial charge on any atom is -0.349 e. The summed E-state index contributed by atoms with van der Waals surface area (Å²) in [6.07, 6.45) is 0.478. The zero-order valence-corrected chi connectivity index (χ0v) is 14.4. The maximum atomic E-state index is 12.1. The van der Waals surface area contributed by atoms with Crippen LogP contribution in [-0.2, 0) is 21.2 Å². The van der Waals surface area contributed by atoms with Crippen molar-refractivity contribution >= 4 is 38.7 Å². The number of carbonyl (C=O) groups excluding carboxylic acids is 1. The molecule has 1 amide bonds. The average molecular weight is 351 g/mol. The molecule has 0 radical (unpaired) electrons. The van der Waals surface area contributed by atoms with E-state index in [0.717, 1.165) is 9.21 Å². The SMILES string of the molecule is CN(CC(=O)N[C@@]1(C)CCS(=O)(=O)C1)Cc1ccc(Cl)s1. The van der Waals surface area contributed by atoms with Crippen LogP contribution in [0.3, 0.4) is 0 Å². The first kappa shape index (κ1) is 16.7. The minimum absolute atomic E-state index is 0.0238. The van der Waals surface area contributed by atoms with Crippen molar-refractivity contribution in [2.24, 2.45) is 0 Å². The van der Waals surface area contributed by atoms with E-state index in [0.29, 0.717) is 13.0 Å². The predicted octanol–water partition coefficient (Wildman–Crippen LogP) is 1.53. The average Bonchev–Trinajstić information content (AvgIpc) is 2.82. The van der Waals surface area contributed by atoms with Gasteiger partial charge in [-0.3, -0.25) is 9.69 Å². The minimum atomic E-state index is -3.02. The Morgan fingerprint density at radius 3 is 2.76 bits per heavy atom. The van der Waals surface area contributed by atoms with Crippen molar-refractivity contribution in [3.8, 4) is 0 Å². The number of rotatable bonds is 5. The fraction of sp³-hybridized carbons (Fsp3) is 0.615. The number of nitrogens with one attached hydrogen (secondary N) is 1. The lowest BCUT2D eigenvalue weighted by Gasteiger charge is -2.25. The molecule has 2 heterocycles. The van der Waals surface area contributed by atoms with Gasteiger partial charge in [0.2, 0.25) is 5.91 Å². The first-order chi connectivity index (χ1) is 9.67. The molecule has 1 aliphatic rings. The topological polar surface area (TPSA) is 66.5 Å². The van der Waals surface area contributed by atoms with Gasteiger partial charge in [-0.25, -0.2) is 8.42 Å². The van der Waals surface area contributed by atoms with Gasteiger partial charge in [0.15, 0.2) is 9.84 Å². The summed E-state index contributed by atoms with van der Waals surface area (Å²) in [6, 6.07) is 3.77. The summed E-state index contributed by atoms with van der Waals surface area (Å²) in [4.78, 5) is 15.0. The molecule has 0 aromatic carbocycles. The van der Waals surface area contributed by atoms with E-state index in [9.17, 15) is 13.2 Å². The Bertz CT molecular complexity index is 629. The second kappa shape index (κ2) is 6.24. The molecule has 5 nitrogen and oxygen atoms in total. The van der Waals surface area contributed by atoms with E-state index in [4.69, 9.17) is 11.6 Å². The van der Waals surface area contributed by atoms with Crippen LogP contribution in [0, 0.1) is 0 Å². The van der Waals surface area contributed by atoms with Gasteiger partial charge in [-0.05, 0) is 32.5 Å². The highest BCUT2D eigenvalue weighted by Crippen LogP contribution is 2.23. The van der Waals surface area contributed by atoms with Crippen molar-refractivity contribution in [2.75, 3.05) is 25.1 Å². The normalized spacial score (nSPS) is 24.4. The van der Waals surface area contributed by atoms with Crippen LogP contribution < -0.4 is 5.32 Å². The molecule has 0 bridgehead atoms. The summed E-state index contributed by atoms with van der Waals surface area (Å²) in [7, 11) is -1.17. The number of amides is 1. The van der Waals surface area contributed by atoms with Crippen LogP contribution in [0.15, 0.2) is 12.1 Å². The Hall–Kier alpha value is -0.630. The van der Waals surface area contributed by atoms with Crippen LogP contribution in [0.4, 0.5) is 0 Å². The van der Waals surface area contributed by atoms with Crippen LogP contribution in [0.5, 0.6) is 0 Å². The molecule has 1 fully saturated rings. The Kier molecular flexibility index (Phi) is 4.97. The van der Waals surface area contributed by atoms with Gasteiger partial charge in [-0.15, -0.1) is 11.3 Å². The fourth-order valence-electron chi connectivity index (χ4n) is 2.49. The lowest BCUT2D eigenvalue weighted by molar-refractivity contribution is -0.123. The van der Waals surface area contributed by atoms with Crippen LogP contribution in [-0.4, -0.2) is 49.9 Å². The number of nitrogens with zero attached hydrogens (tertiary/aromatic N) is 1. The number of carbonyl (C=O) groups is 1. The molecule has 0 unspecified atom stereocenters. The highest BCUT2D eigenvalue weighted by atomic mass is 35.5. The highest BCUT2D eigenvalue weighted by Gasteiger charge is 2.39. The quantitative estimate of drug-likeness (QED) is 0.874. The van der Waals surface area contributed by atoms with Gasteiger partial charge < -0.3 is 5.32 Å². The number of thiophene rings is 1. The van der Waals surface area contributed by atoms with Crippen LogP contribution in [0.2, 0.25) is 4.34 Å².